The number of amides is 1. The van der Waals surface area contributed by atoms with E-state index in [1.807, 2.05) is 24.3 Å². The molecule has 0 saturated heterocycles. The van der Waals surface area contributed by atoms with Crippen molar-refractivity contribution in [1.82, 2.24) is 4.98 Å². The van der Waals surface area contributed by atoms with E-state index in [4.69, 9.17) is 9.72 Å². The summed E-state index contributed by atoms with van der Waals surface area (Å²) in [6, 6.07) is 24.2. The van der Waals surface area contributed by atoms with Crippen molar-refractivity contribution in [3.8, 4) is 27.4 Å². The second-order valence-electron chi connectivity index (χ2n) is 7.50. The SMILES string of the molecule is COc1ccc(CC(=O)Nc2nc(-c3ccc(C)cc3)c(-c3ccc(C)cc3)s2)cc1. The van der Waals surface area contributed by atoms with Crippen LogP contribution in [0.25, 0.3) is 21.7 Å². The molecule has 4 rings (SSSR count). The molecule has 0 unspecified atom stereocenters. The number of anilines is 1. The second-order valence-corrected chi connectivity index (χ2v) is 8.50. The maximum absolute atomic E-state index is 12.6. The summed E-state index contributed by atoms with van der Waals surface area (Å²) >= 11 is 1.50. The summed E-state index contributed by atoms with van der Waals surface area (Å²) in [6.07, 6.45) is 0.281. The Kier molecular flexibility index (Phi) is 6.14. The number of methoxy groups -OCH3 is 1. The summed E-state index contributed by atoms with van der Waals surface area (Å²) in [7, 11) is 1.63. The molecule has 0 atom stereocenters. The number of carbonyl (C=O) groups is 1. The molecule has 1 aromatic heterocycles. The zero-order chi connectivity index (χ0) is 21.8. The first-order valence-electron chi connectivity index (χ1n) is 10.1. The molecule has 5 heteroatoms. The van der Waals surface area contributed by atoms with Gasteiger partial charge in [0.25, 0.3) is 0 Å². The molecule has 0 aliphatic rings. The molecule has 0 saturated carbocycles. The third kappa shape index (κ3) is 5.01. The van der Waals surface area contributed by atoms with Crippen molar-refractivity contribution in [3.63, 3.8) is 0 Å². The highest BCUT2D eigenvalue weighted by Gasteiger charge is 2.17. The number of carbonyl (C=O) groups excluding carboxylic acids is 1. The second kappa shape index (κ2) is 9.14. The summed E-state index contributed by atoms with van der Waals surface area (Å²) in [6.45, 7) is 4.14. The molecule has 0 aliphatic heterocycles. The van der Waals surface area contributed by atoms with E-state index in [2.05, 4.69) is 67.7 Å². The third-order valence-electron chi connectivity index (χ3n) is 5.04. The number of hydrogen-bond acceptors (Lipinski definition) is 4. The highest BCUT2D eigenvalue weighted by Crippen LogP contribution is 2.39. The van der Waals surface area contributed by atoms with Crippen molar-refractivity contribution in [3.05, 3.63) is 89.5 Å². The Balaban J connectivity index is 1.61. The van der Waals surface area contributed by atoms with Crippen molar-refractivity contribution in [2.75, 3.05) is 12.4 Å². The number of rotatable bonds is 6. The highest BCUT2D eigenvalue weighted by atomic mass is 32.1. The number of aryl methyl sites for hydroxylation is 2. The van der Waals surface area contributed by atoms with Crippen LogP contribution in [0, 0.1) is 13.8 Å². The number of nitrogens with one attached hydrogen (secondary N) is 1. The Hall–Kier alpha value is -3.44. The van der Waals surface area contributed by atoms with Gasteiger partial charge in [-0.05, 0) is 37.1 Å². The third-order valence-corrected chi connectivity index (χ3v) is 6.06. The minimum absolute atomic E-state index is 0.0928. The van der Waals surface area contributed by atoms with Crippen molar-refractivity contribution in [1.29, 1.82) is 0 Å². The molecule has 4 nitrogen and oxygen atoms in total. The van der Waals surface area contributed by atoms with Crippen LogP contribution in [0.15, 0.2) is 72.8 Å². The van der Waals surface area contributed by atoms with E-state index in [-0.39, 0.29) is 12.3 Å². The van der Waals surface area contributed by atoms with E-state index >= 15 is 0 Å². The molecule has 0 fully saturated rings. The highest BCUT2D eigenvalue weighted by molar-refractivity contribution is 7.19. The lowest BCUT2D eigenvalue weighted by Gasteiger charge is -2.04. The normalized spacial score (nSPS) is 10.7. The van der Waals surface area contributed by atoms with Crippen LogP contribution in [0.2, 0.25) is 0 Å². The Bertz CT molecular complexity index is 1110. The maximum atomic E-state index is 12.6. The Morgan fingerprint density at radius 2 is 1.45 bits per heavy atom. The standard InChI is InChI=1S/C26H24N2O2S/c1-17-4-10-20(11-5-17)24-25(21-12-6-18(2)7-13-21)31-26(28-24)27-23(29)16-19-8-14-22(30-3)15-9-19/h4-15H,16H2,1-3H3,(H,27,28,29). The molecule has 0 bridgehead atoms. The van der Waals surface area contributed by atoms with Gasteiger partial charge >= 0.3 is 0 Å². The summed E-state index contributed by atoms with van der Waals surface area (Å²) in [5.74, 6) is 0.680. The molecule has 1 N–H and O–H groups in total. The number of hydrogen-bond donors (Lipinski definition) is 1. The van der Waals surface area contributed by atoms with Crippen molar-refractivity contribution in [2.24, 2.45) is 0 Å². The molecule has 0 aliphatic carbocycles. The minimum atomic E-state index is -0.0928. The molecule has 1 amide bonds. The van der Waals surface area contributed by atoms with Gasteiger partial charge in [-0.3, -0.25) is 4.79 Å². The molecule has 31 heavy (non-hydrogen) atoms. The average molecular weight is 429 g/mol. The van der Waals surface area contributed by atoms with Crippen molar-refractivity contribution < 1.29 is 9.53 Å². The molecule has 156 valence electrons. The molecular weight excluding hydrogens is 404 g/mol. The number of ether oxygens (including phenoxy) is 1. The van der Waals surface area contributed by atoms with E-state index in [1.54, 1.807) is 7.11 Å². The first-order chi connectivity index (χ1) is 15.0. The molecular formula is C26H24N2O2S. The Labute approximate surface area is 186 Å². The topological polar surface area (TPSA) is 51.2 Å². The van der Waals surface area contributed by atoms with Crippen LogP contribution >= 0.6 is 11.3 Å². The van der Waals surface area contributed by atoms with E-state index in [0.29, 0.717) is 5.13 Å². The lowest BCUT2D eigenvalue weighted by atomic mass is 10.0. The van der Waals surface area contributed by atoms with Crippen molar-refractivity contribution >= 4 is 22.4 Å². The smallest absolute Gasteiger partial charge is 0.230 e. The van der Waals surface area contributed by atoms with E-state index in [0.717, 1.165) is 33.0 Å². The molecule has 0 radical (unpaired) electrons. The number of thiazole rings is 1. The number of nitrogens with zero attached hydrogens (tertiary/aromatic N) is 1. The van der Waals surface area contributed by atoms with Gasteiger partial charge in [-0.25, -0.2) is 4.98 Å². The minimum Gasteiger partial charge on any atom is -0.497 e. The van der Waals surface area contributed by atoms with Crippen LogP contribution in [0.5, 0.6) is 5.75 Å². The zero-order valence-electron chi connectivity index (χ0n) is 17.8. The van der Waals surface area contributed by atoms with Gasteiger partial charge in [0.15, 0.2) is 5.13 Å². The summed E-state index contributed by atoms with van der Waals surface area (Å²) < 4.78 is 5.18. The van der Waals surface area contributed by atoms with Gasteiger partial charge in [0.1, 0.15) is 5.75 Å². The van der Waals surface area contributed by atoms with E-state index < -0.39 is 0 Å². The lowest BCUT2D eigenvalue weighted by Crippen LogP contribution is -2.14. The largest absolute Gasteiger partial charge is 0.497 e. The van der Waals surface area contributed by atoms with Gasteiger partial charge in [0, 0.05) is 5.56 Å². The van der Waals surface area contributed by atoms with E-state index in [1.165, 1.54) is 22.5 Å². The number of aromatic nitrogens is 1. The van der Waals surface area contributed by atoms with Crippen LogP contribution in [-0.2, 0) is 11.2 Å². The fourth-order valence-electron chi connectivity index (χ4n) is 3.27. The monoisotopic (exact) mass is 428 g/mol. The van der Waals surface area contributed by atoms with Gasteiger partial charge in [-0.2, -0.15) is 0 Å². The van der Waals surface area contributed by atoms with Gasteiger partial charge < -0.3 is 10.1 Å². The molecule has 1 heterocycles. The molecule has 0 spiro atoms. The predicted octanol–water partition coefficient (Wildman–Crippen LogP) is 6.28. The van der Waals surface area contributed by atoms with Crippen LogP contribution < -0.4 is 10.1 Å². The van der Waals surface area contributed by atoms with Gasteiger partial charge in [0.2, 0.25) is 5.91 Å². The van der Waals surface area contributed by atoms with Gasteiger partial charge in [-0.1, -0.05) is 83.1 Å². The van der Waals surface area contributed by atoms with Crippen molar-refractivity contribution in [2.45, 2.75) is 20.3 Å². The average Bonchev–Trinajstić information content (AvgIpc) is 3.18. The lowest BCUT2D eigenvalue weighted by molar-refractivity contribution is -0.115. The molecule has 4 aromatic rings. The summed E-state index contributed by atoms with van der Waals surface area (Å²) in [5, 5.41) is 3.58. The summed E-state index contributed by atoms with van der Waals surface area (Å²) in [5.41, 5.74) is 6.34. The van der Waals surface area contributed by atoms with Crippen LogP contribution in [0.1, 0.15) is 16.7 Å². The number of benzene rings is 3. The van der Waals surface area contributed by atoms with Crippen LogP contribution in [0.3, 0.4) is 0 Å². The zero-order valence-corrected chi connectivity index (χ0v) is 18.6. The Morgan fingerprint density at radius 3 is 2.03 bits per heavy atom. The van der Waals surface area contributed by atoms with E-state index in [9.17, 15) is 4.79 Å². The summed E-state index contributed by atoms with van der Waals surface area (Å²) in [4.78, 5) is 18.5. The first-order valence-corrected chi connectivity index (χ1v) is 10.9. The maximum Gasteiger partial charge on any atom is 0.230 e. The Morgan fingerprint density at radius 1 is 0.871 bits per heavy atom. The first kappa shape index (κ1) is 20.8. The van der Waals surface area contributed by atoms with Gasteiger partial charge in [0.05, 0.1) is 24.1 Å². The molecule has 3 aromatic carbocycles. The fourth-order valence-corrected chi connectivity index (χ4v) is 4.28. The fraction of sp³-hybridized carbons (Fsp3) is 0.154. The van der Waals surface area contributed by atoms with Gasteiger partial charge in [-0.15, -0.1) is 0 Å². The quantitative estimate of drug-likeness (QED) is 0.393. The predicted molar refractivity (Wildman–Crippen MR) is 128 cm³/mol. The van der Waals surface area contributed by atoms with Crippen LogP contribution in [0.4, 0.5) is 5.13 Å². The van der Waals surface area contributed by atoms with Crippen LogP contribution in [-0.4, -0.2) is 18.0 Å².